The second-order valence-electron chi connectivity index (χ2n) is 6.54. The summed E-state index contributed by atoms with van der Waals surface area (Å²) in [5.74, 6) is 0. The van der Waals surface area contributed by atoms with Crippen LogP contribution in [0.2, 0.25) is 0 Å². The van der Waals surface area contributed by atoms with Crippen molar-refractivity contribution >= 4 is 24.7 Å². The van der Waals surface area contributed by atoms with E-state index in [9.17, 15) is 9.36 Å². The quantitative estimate of drug-likeness (QED) is 0.634. The molecule has 1 amide bonds. The molecule has 0 aliphatic heterocycles. The summed E-state index contributed by atoms with van der Waals surface area (Å²) in [5.41, 5.74) is 1.43. The third-order valence-corrected chi connectivity index (χ3v) is 5.67. The standard InChI is InChI=1S/C20H26NO5P/c1-15(2)25-27(23,26-16(3)4)19-12-10-18(11-13-19)21-20(22)24-14-17-8-6-5-7-9-17/h5-13,15-16H,14H2,1-4H3,(H,21,22). The second kappa shape index (κ2) is 9.70. The summed E-state index contributed by atoms with van der Waals surface area (Å²) in [6.45, 7) is 7.39. The van der Waals surface area contributed by atoms with E-state index < -0.39 is 13.7 Å². The molecule has 0 bridgehead atoms. The molecule has 0 atom stereocenters. The molecule has 7 heteroatoms. The third kappa shape index (κ3) is 6.83. The van der Waals surface area contributed by atoms with Gasteiger partial charge in [-0.15, -0.1) is 0 Å². The normalized spacial score (nSPS) is 11.6. The minimum absolute atomic E-state index is 0.185. The van der Waals surface area contributed by atoms with Crippen LogP contribution in [0.1, 0.15) is 33.3 Å². The Bertz CT molecular complexity index is 761. The van der Waals surface area contributed by atoms with Crippen molar-refractivity contribution in [2.45, 2.75) is 46.5 Å². The number of benzene rings is 2. The van der Waals surface area contributed by atoms with Crippen LogP contribution in [0, 0.1) is 0 Å². The number of carbonyl (C=O) groups is 1. The topological polar surface area (TPSA) is 73.9 Å². The number of ether oxygens (including phenoxy) is 1. The first-order valence-electron chi connectivity index (χ1n) is 8.83. The SMILES string of the molecule is CC(C)OP(=O)(OC(C)C)c1ccc(NC(=O)OCc2ccccc2)cc1. The maximum absolute atomic E-state index is 13.1. The Morgan fingerprint density at radius 3 is 2.00 bits per heavy atom. The van der Waals surface area contributed by atoms with Gasteiger partial charge in [-0.3, -0.25) is 9.88 Å². The molecule has 6 nitrogen and oxygen atoms in total. The Hall–Kier alpha value is -2.14. The first kappa shape index (κ1) is 21.2. The highest BCUT2D eigenvalue weighted by Crippen LogP contribution is 2.49. The fourth-order valence-electron chi connectivity index (χ4n) is 2.31. The Kier molecular flexibility index (Phi) is 7.60. The summed E-state index contributed by atoms with van der Waals surface area (Å²) in [7, 11) is -3.43. The van der Waals surface area contributed by atoms with Crippen molar-refractivity contribution in [3.63, 3.8) is 0 Å². The zero-order valence-electron chi connectivity index (χ0n) is 16.0. The summed E-state index contributed by atoms with van der Waals surface area (Å²) < 4.78 is 29.4. The van der Waals surface area contributed by atoms with Gasteiger partial charge in [-0.05, 0) is 57.5 Å². The van der Waals surface area contributed by atoms with E-state index in [-0.39, 0.29) is 18.8 Å². The van der Waals surface area contributed by atoms with Crippen LogP contribution in [-0.4, -0.2) is 18.3 Å². The van der Waals surface area contributed by atoms with Crippen LogP contribution in [0.3, 0.4) is 0 Å². The van der Waals surface area contributed by atoms with E-state index in [0.717, 1.165) is 5.56 Å². The molecule has 2 aromatic carbocycles. The van der Waals surface area contributed by atoms with Crippen molar-refractivity contribution in [3.8, 4) is 0 Å². The van der Waals surface area contributed by atoms with Gasteiger partial charge in [0.05, 0.1) is 17.5 Å². The number of anilines is 1. The summed E-state index contributed by atoms with van der Waals surface area (Å²) in [5, 5.41) is 3.08. The van der Waals surface area contributed by atoms with Gasteiger partial charge in [0.2, 0.25) is 0 Å². The van der Waals surface area contributed by atoms with Crippen LogP contribution >= 0.6 is 7.60 Å². The lowest BCUT2D eigenvalue weighted by Gasteiger charge is -2.23. The van der Waals surface area contributed by atoms with E-state index in [1.54, 1.807) is 52.0 Å². The van der Waals surface area contributed by atoms with E-state index in [1.807, 2.05) is 30.3 Å². The van der Waals surface area contributed by atoms with Crippen molar-refractivity contribution in [2.24, 2.45) is 0 Å². The smallest absolute Gasteiger partial charge is 0.411 e. The van der Waals surface area contributed by atoms with Crippen LogP contribution in [0.4, 0.5) is 10.5 Å². The van der Waals surface area contributed by atoms with Gasteiger partial charge in [0.25, 0.3) is 0 Å². The average Bonchev–Trinajstić information content (AvgIpc) is 2.60. The van der Waals surface area contributed by atoms with Gasteiger partial charge < -0.3 is 13.8 Å². The summed E-state index contributed by atoms with van der Waals surface area (Å²) in [6.07, 6.45) is -1.06. The van der Waals surface area contributed by atoms with Gasteiger partial charge in [-0.25, -0.2) is 4.79 Å². The highest BCUT2D eigenvalue weighted by Gasteiger charge is 2.30. The van der Waals surface area contributed by atoms with Crippen LogP contribution in [0.25, 0.3) is 0 Å². The van der Waals surface area contributed by atoms with Crippen molar-refractivity contribution in [2.75, 3.05) is 5.32 Å². The molecule has 0 aliphatic carbocycles. The van der Waals surface area contributed by atoms with Crippen molar-refractivity contribution in [3.05, 3.63) is 60.2 Å². The minimum atomic E-state index is -3.43. The molecular weight excluding hydrogens is 365 g/mol. The van der Waals surface area contributed by atoms with Crippen LogP contribution in [0.5, 0.6) is 0 Å². The van der Waals surface area contributed by atoms with Crippen molar-refractivity contribution in [1.29, 1.82) is 0 Å². The zero-order valence-corrected chi connectivity index (χ0v) is 16.9. The van der Waals surface area contributed by atoms with Gasteiger partial charge in [0.15, 0.2) is 0 Å². The molecule has 0 saturated heterocycles. The Balaban J connectivity index is 2.00. The average molecular weight is 391 g/mol. The molecule has 1 N–H and O–H groups in total. The van der Waals surface area contributed by atoms with Crippen molar-refractivity contribution in [1.82, 2.24) is 0 Å². The van der Waals surface area contributed by atoms with E-state index in [2.05, 4.69) is 5.32 Å². The lowest BCUT2D eigenvalue weighted by atomic mass is 10.2. The van der Waals surface area contributed by atoms with E-state index in [1.165, 1.54) is 0 Å². The Labute approximate surface area is 160 Å². The van der Waals surface area contributed by atoms with Crippen LogP contribution in [0.15, 0.2) is 54.6 Å². The molecule has 0 saturated carbocycles. The van der Waals surface area contributed by atoms with Crippen molar-refractivity contribution < 1.29 is 23.1 Å². The number of carbonyl (C=O) groups excluding carboxylic acids is 1. The van der Waals surface area contributed by atoms with Gasteiger partial charge in [-0.2, -0.15) is 0 Å². The third-order valence-electron chi connectivity index (χ3n) is 3.34. The number of hydrogen-bond acceptors (Lipinski definition) is 5. The predicted molar refractivity (Wildman–Crippen MR) is 106 cm³/mol. The first-order chi connectivity index (χ1) is 12.8. The van der Waals surface area contributed by atoms with Gasteiger partial charge in [0.1, 0.15) is 6.61 Å². The Morgan fingerprint density at radius 1 is 0.926 bits per heavy atom. The number of rotatable bonds is 8. The molecule has 0 aliphatic rings. The van der Waals surface area contributed by atoms with Gasteiger partial charge in [0, 0.05) is 5.69 Å². The maximum atomic E-state index is 13.1. The molecule has 2 aromatic rings. The molecule has 0 unspecified atom stereocenters. The largest absolute Gasteiger partial charge is 0.444 e. The fourth-order valence-corrected chi connectivity index (χ4v) is 4.22. The summed E-state index contributed by atoms with van der Waals surface area (Å²) in [4.78, 5) is 11.9. The minimum Gasteiger partial charge on any atom is -0.444 e. The lowest BCUT2D eigenvalue weighted by Crippen LogP contribution is -2.17. The molecule has 146 valence electrons. The zero-order chi connectivity index (χ0) is 19.9. The Morgan fingerprint density at radius 2 is 1.48 bits per heavy atom. The summed E-state index contributed by atoms with van der Waals surface area (Å²) >= 11 is 0. The second-order valence-corrected chi connectivity index (χ2v) is 8.47. The molecule has 27 heavy (non-hydrogen) atoms. The highest BCUT2D eigenvalue weighted by molar-refractivity contribution is 7.62. The first-order valence-corrected chi connectivity index (χ1v) is 10.4. The lowest BCUT2D eigenvalue weighted by molar-refractivity contribution is 0.150. The number of nitrogens with one attached hydrogen (secondary N) is 1. The molecule has 0 heterocycles. The monoisotopic (exact) mass is 391 g/mol. The van der Waals surface area contributed by atoms with E-state index in [0.29, 0.717) is 11.0 Å². The maximum Gasteiger partial charge on any atom is 0.411 e. The highest BCUT2D eigenvalue weighted by atomic mass is 31.2. The van der Waals surface area contributed by atoms with E-state index in [4.69, 9.17) is 13.8 Å². The van der Waals surface area contributed by atoms with Gasteiger partial charge >= 0.3 is 13.7 Å². The van der Waals surface area contributed by atoms with Crippen LogP contribution < -0.4 is 10.6 Å². The molecule has 0 aromatic heterocycles. The molecule has 2 rings (SSSR count). The fraction of sp³-hybridized carbons (Fsp3) is 0.350. The molecular formula is C20H26NO5P. The number of amides is 1. The summed E-state index contributed by atoms with van der Waals surface area (Å²) in [6, 6.07) is 15.9. The van der Waals surface area contributed by atoms with E-state index >= 15 is 0 Å². The molecule has 0 spiro atoms. The number of hydrogen-bond donors (Lipinski definition) is 1. The van der Waals surface area contributed by atoms with Gasteiger partial charge in [-0.1, -0.05) is 30.3 Å². The predicted octanol–water partition coefficient (Wildman–Crippen LogP) is 5.10. The molecule has 0 radical (unpaired) electrons. The molecule has 0 fully saturated rings. The van der Waals surface area contributed by atoms with Crippen LogP contribution in [-0.2, 0) is 25.0 Å².